The van der Waals surface area contributed by atoms with E-state index < -0.39 is 11.4 Å². The number of hydrogen-bond donors (Lipinski definition) is 2. The van der Waals surface area contributed by atoms with E-state index in [9.17, 15) is 19.5 Å². The normalized spacial score (nSPS) is 25.1. The van der Waals surface area contributed by atoms with Crippen molar-refractivity contribution < 1.29 is 19.5 Å². The largest absolute Gasteiger partial charge is 0.481 e. The highest BCUT2D eigenvalue weighted by Gasteiger charge is 2.55. The van der Waals surface area contributed by atoms with Crippen LogP contribution >= 0.6 is 0 Å². The Hall–Kier alpha value is -2.37. The Kier molecular flexibility index (Phi) is 4.54. The van der Waals surface area contributed by atoms with Crippen LogP contribution in [0, 0.1) is 11.3 Å². The van der Waals surface area contributed by atoms with Crippen LogP contribution in [0.5, 0.6) is 0 Å². The number of aliphatic carboxylic acids is 1. The van der Waals surface area contributed by atoms with Crippen LogP contribution in [0.3, 0.4) is 0 Å². The Bertz CT molecular complexity index is 698. The zero-order valence-corrected chi connectivity index (χ0v) is 14.6. The van der Waals surface area contributed by atoms with Gasteiger partial charge in [-0.05, 0) is 56.9 Å². The molecule has 1 heterocycles. The minimum Gasteiger partial charge on any atom is -0.481 e. The maximum atomic E-state index is 12.7. The Balaban J connectivity index is 1.72. The molecule has 2 fully saturated rings. The lowest BCUT2D eigenvalue weighted by Crippen LogP contribution is -2.37. The molecule has 6 nitrogen and oxygen atoms in total. The van der Waals surface area contributed by atoms with Gasteiger partial charge >= 0.3 is 5.97 Å². The second kappa shape index (κ2) is 6.50. The molecule has 0 unspecified atom stereocenters. The number of nitrogens with one attached hydrogen (secondary N) is 1. The zero-order valence-electron chi connectivity index (χ0n) is 14.6. The van der Waals surface area contributed by atoms with Gasteiger partial charge in [0.15, 0.2) is 0 Å². The van der Waals surface area contributed by atoms with Crippen LogP contribution in [-0.4, -0.2) is 46.9 Å². The highest BCUT2D eigenvalue weighted by atomic mass is 16.4. The molecule has 1 saturated carbocycles. The van der Waals surface area contributed by atoms with Gasteiger partial charge in [-0.15, -0.1) is 0 Å². The predicted octanol–water partition coefficient (Wildman–Crippen LogP) is 2.15. The fourth-order valence-electron chi connectivity index (χ4n) is 4.09. The first kappa shape index (κ1) is 17.5. The number of carbonyl (C=O) groups excluding carboxylic acids is 2. The Labute approximate surface area is 147 Å². The Morgan fingerprint density at radius 1 is 1.20 bits per heavy atom. The average molecular weight is 344 g/mol. The summed E-state index contributed by atoms with van der Waals surface area (Å²) >= 11 is 0. The predicted molar refractivity (Wildman–Crippen MR) is 92.4 cm³/mol. The molecule has 1 aliphatic carbocycles. The minimum atomic E-state index is -0.786. The van der Waals surface area contributed by atoms with Gasteiger partial charge in [-0.2, -0.15) is 0 Å². The number of rotatable bonds is 4. The van der Waals surface area contributed by atoms with E-state index in [0.717, 1.165) is 12.8 Å². The van der Waals surface area contributed by atoms with Crippen molar-refractivity contribution >= 4 is 17.8 Å². The Morgan fingerprint density at radius 3 is 2.40 bits per heavy atom. The van der Waals surface area contributed by atoms with Gasteiger partial charge in [-0.3, -0.25) is 14.4 Å². The lowest BCUT2D eigenvalue weighted by molar-refractivity contribution is -0.149. The van der Waals surface area contributed by atoms with Crippen molar-refractivity contribution in [2.75, 3.05) is 13.1 Å². The van der Waals surface area contributed by atoms with E-state index in [4.69, 9.17) is 0 Å². The molecule has 1 aromatic rings. The summed E-state index contributed by atoms with van der Waals surface area (Å²) in [6.07, 6.45) is 2.42. The molecule has 2 amide bonds. The molecular weight excluding hydrogens is 320 g/mol. The number of amides is 2. The van der Waals surface area contributed by atoms with Crippen LogP contribution in [0.1, 0.15) is 53.8 Å². The summed E-state index contributed by atoms with van der Waals surface area (Å²) in [6.45, 7) is 4.55. The van der Waals surface area contributed by atoms with E-state index in [1.807, 2.05) is 13.8 Å². The third kappa shape index (κ3) is 3.13. The molecule has 2 aliphatic rings. The maximum absolute atomic E-state index is 12.7. The van der Waals surface area contributed by atoms with Crippen molar-refractivity contribution in [1.29, 1.82) is 0 Å². The summed E-state index contributed by atoms with van der Waals surface area (Å²) in [5.41, 5.74) is 0.222. The summed E-state index contributed by atoms with van der Waals surface area (Å²) < 4.78 is 0. The highest BCUT2D eigenvalue weighted by molar-refractivity contribution is 5.98. The molecule has 2 atom stereocenters. The third-order valence-electron chi connectivity index (χ3n) is 5.40. The van der Waals surface area contributed by atoms with Crippen molar-refractivity contribution in [1.82, 2.24) is 10.2 Å². The molecule has 0 spiro atoms. The average Bonchev–Trinajstić information content (AvgIpc) is 3.12. The van der Waals surface area contributed by atoms with E-state index in [2.05, 4.69) is 5.32 Å². The van der Waals surface area contributed by atoms with Gasteiger partial charge in [0.25, 0.3) is 11.8 Å². The van der Waals surface area contributed by atoms with Gasteiger partial charge in [-0.25, -0.2) is 0 Å². The third-order valence-corrected chi connectivity index (χ3v) is 5.40. The summed E-state index contributed by atoms with van der Waals surface area (Å²) in [4.78, 5) is 38.1. The van der Waals surface area contributed by atoms with Crippen molar-refractivity contribution in [3.8, 4) is 0 Å². The summed E-state index contributed by atoms with van der Waals surface area (Å²) in [7, 11) is 0. The molecule has 1 saturated heterocycles. The van der Waals surface area contributed by atoms with Crippen LogP contribution in [0.15, 0.2) is 24.3 Å². The van der Waals surface area contributed by atoms with E-state index in [1.165, 1.54) is 0 Å². The van der Waals surface area contributed by atoms with Crippen LogP contribution < -0.4 is 5.32 Å². The molecule has 0 radical (unpaired) electrons. The smallest absolute Gasteiger partial charge is 0.311 e. The van der Waals surface area contributed by atoms with Crippen LogP contribution in [0.25, 0.3) is 0 Å². The van der Waals surface area contributed by atoms with E-state index in [-0.39, 0.29) is 30.3 Å². The number of carbonyl (C=O) groups is 3. The van der Waals surface area contributed by atoms with Crippen molar-refractivity contribution in [3.63, 3.8) is 0 Å². The zero-order chi connectivity index (χ0) is 18.2. The number of carboxylic acid groups (broad SMARTS) is 1. The molecule has 134 valence electrons. The summed E-state index contributed by atoms with van der Waals surface area (Å²) in [5.74, 6) is -1.07. The standard InChI is InChI=1S/C19H24N2O4/c1-12(2)20-16(22)13-5-7-14(8-6-13)17(23)21-10-15-4-3-9-19(15,11-21)18(24)25/h5-8,12,15H,3-4,9-11H2,1-2H3,(H,20,22)(H,24,25)/t15-,19+/m0/s1. The molecule has 2 N–H and O–H groups in total. The first-order valence-corrected chi connectivity index (χ1v) is 8.77. The first-order chi connectivity index (χ1) is 11.8. The van der Waals surface area contributed by atoms with Crippen molar-refractivity contribution in [3.05, 3.63) is 35.4 Å². The molecule has 6 heteroatoms. The molecule has 1 aromatic carbocycles. The molecule has 0 aromatic heterocycles. The second-order valence-electron chi connectivity index (χ2n) is 7.44. The highest BCUT2D eigenvalue weighted by Crippen LogP contribution is 2.49. The van der Waals surface area contributed by atoms with Gasteiger partial charge in [0, 0.05) is 30.3 Å². The molecule has 25 heavy (non-hydrogen) atoms. The second-order valence-corrected chi connectivity index (χ2v) is 7.44. The van der Waals surface area contributed by atoms with Gasteiger partial charge in [0.05, 0.1) is 5.41 Å². The number of carboxylic acids is 1. The number of hydrogen-bond acceptors (Lipinski definition) is 3. The van der Waals surface area contributed by atoms with Gasteiger partial charge < -0.3 is 15.3 Å². The quantitative estimate of drug-likeness (QED) is 0.876. The fraction of sp³-hybridized carbons (Fsp3) is 0.526. The van der Waals surface area contributed by atoms with E-state index >= 15 is 0 Å². The Morgan fingerprint density at radius 2 is 1.84 bits per heavy atom. The topological polar surface area (TPSA) is 86.7 Å². The van der Waals surface area contributed by atoms with E-state index in [1.54, 1.807) is 29.2 Å². The number of nitrogens with zero attached hydrogens (tertiary/aromatic N) is 1. The summed E-state index contributed by atoms with van der Waals surface area (Å²) in [6, 6.07) is 6.59. The van der Waals surface area contributed by atoms with Gasteiger partial charge in [-0.1, -0.05) is 6.42 Å². The number of likely N-dealkylation sites (tertiary alicyclic amines) is 1. The fourth-order valence-corrected chi connectivity index (χ4v) is 4.09. The number of fused-ring (bicyclic) bond motifs is 1. The molecule has 0 bridgehead atoms. The van der Waals surface area contributed by atoms with Crippen LogP contribution in [0.4, 0.5) is 0 Å². The van der Waals surface area contributed by atoms with Gasteiger partial charge in [0.1, 0.15) is 0 Å². The first-order valence-electron chi connectivity index (χ1n) is 8.77. The molecule has 1 aliphatic heterocycles. The molecule has 3 rings (SSSR count). The van der Waals surface area contributed by atoms with Crippen LogP contribution in [-0.2, 0) is 4.79 Å². The van der Waals surface area contributed by atoms with Crippen molar-refractivity contribution in [2.24, 2.45) is 11.3 Å². The van der Waals surface area contributed by atoms with Gasteiger partial charge in [0.2, 0.25) is 0 Å². The summed E-state index contributed by atoms with van der Waals surface area (Å²) in [5, 5.41) is 12.4. The molecular formula is C19H24N2O4. The van der Waals surface area contributed by atoms with Crippen molar-refractivity contribution in [2.45, 2.75) is 39.2 Å². The number of benzene rings is 1. The SMILES string of the molecule is CC(C)NC(=O)c1ccc(C(=O)N2C[C@@H]3CCC[C@@]3(C(=O)O)C2)cc1. The van der Waals surface area contributed by atoms with E-state index in [0.29, 0.717) is 24.1 Å². The minimum absolute atomic E-state index is 0.0463. The maximum Gasteiger partial charge on any atom is 0.311 e. The lowest BCUT2D eigenvalue weighted by Gasteiger charge is -2.23. The lowest BCUT2D eigenvalue weighted by atomic mass is 9.81. The monoisotopic (exact) mass is 344 g/mol. The van der Waals surface area contributed by atoms with Crippen LogP contribution in [0.2, 0.25) is 0 Å².